The van der Waals surface area contributed by atoms with E-state index >= 15 is 0 Å². The topological polar surface area (TPSA) is 125 Å². The summed E-state index contributed by atoms with van der Waals surface area (Å²) in [7, 11) is 3.10. The minimum absolute atomic E-state index is 0.0293. The Hall–Kier alpha value is -3.69. The van der Waals surface area contributed by atoms with E-state index in [2.05, 4.69) is 20.2 Å². The van der Waals surface area contributed by atoms with Crippen molar-refractivity contribution in [3.05, 3.63) is 35.8 Å². The number of aromatic nitrogens is 2. The van der Waals surface area contributed by atoms with Crippen LogP contribution in [0.25, 0.3) is 0 Å². The molecular formula is C24H29N5O5. The minimum Gasteiger partial charge on any atom is -0.495 e. The number of anilines is 3. The largest absolute Gasteiger partial charge is 0.495 e. The molecule has 0 atom stereocenters. The molecule has 2 aromatic rings. The van der Waals surface area contributed by atoms with Crippen molar-refractivity contribution in [2.24, 2.45) is 5.41 Å². The van der Waals surface area contributed by atoms with Crippen molar-refractivity contribution in [1.82, 2.24) is 9.97 Å². The van der Waals surface area contributed by atoms with E-state index in [9.17, 15) is 19.5 Å². The molecule has 2 heterocycles. The maximum absolute atomic E-state index is 13.1. The van der Waals surface area contributed by atoms with Gasteiger partial charge in [-0.2, -0.15) is 0 Å². The minimum atomic E-state index is -1.10. The summed E-state index contributed by atoms with van der Waals surface area (Å²) in [4.78, 5) is 50.0. The molecule has 10 nitrogen and oxygen atoms in total. The van der Waals surface area contributed by atoms with E-state index < -0.39 is 17.3 Å². The standard InChI is InChI=1S/C24H29N5O5/c1-24(2)13-29(15-7-5-6-8-15)20-17(28(3)23(24)33)12-25-19(27-20)21(30)26-16-10-9-14(22(31)32)11-18(16)34-4/h9-12,15H,5-8,13H2,1-4H3,(H,26,30)(H,31,32). The van der Waals surface area contributed by atoms with E-state index in [-0.39, 0.29) is 29.1 Å². The Morgan fingerprint density at radius 3 is 2.59 bits per heavy atom. The molecule has 2 N–H and O–H groups in total. The van der Waals surface area contributed by atoms with Gasteiger partial charge < -0.3 is 25.0 Å². The highest BCUT2D eigenvalue weighted by Crippen LogP contribution is 2.39. The van der Waals surface area contributed by atoms with E-state index in [1.807, 2.05) is 13.8 Å². The summed E-state index contributed by atoms with van der Waals surface area (Å²) in [6, 6.07) is 4.42. The molecule has 4 rings (SSSR count). The zero-order valence-electron chi connectivity index (χ0n) is 19.8. The monoisotopic (exact) mass is 467 g/mol. The normalized spacial score (nSPS) is 17.8. The molecule has 1 saturated carbocycles. The molecule has 34 heavy (non-hydrogen) atoms. The summed E-state index contributed by atoms with van der Waals surface area (Å²) in [5.74, 6) is -0.957. The molecule has 1 aromatic heterocycles. The number of hydrogen-bond acceptors (Lipinski definition) is 7. The molecule has 1 aromatic carbocycles. The van der Waals surface area contributed by atoms with Crippen molar-refractivity contribution >= 4 is 35.0 Å². The van der Waals surface area contributed by atoms with Crippen LogP contribution < -0.4 is 19.9 Å². The van der Waals surface area contributed by atoms with Crippen LogP contribution in [0, 0.1) is 5.41 Å². The predicted octanol–water partition coefficient (Wildman–Crippen LogP) is 3.19. The van der Waals surface area contributed by atoms with Crippen LogP contribution in [0.5, 0.6) is 5.75 Å². The number of nitrogens with one attached hydrogen (secondary N) is 1. The molecule has 0 bridgehead atoms. The predicted molar refractivity (Wildman–Crippen MR) is 127 cm³/mol. The maximum Gasteiger partial charge on any atom is 0.335 e. The Morgan fingerprint density at radius 2 is 1.94 bits per heavy atom. The zero-order valence-corrected chi connectivity index (χ0v) is 19.8. The highest BCUT2D eigenvalue weighted by Gasteiger charge is 2.41. The number of nitrogens with zero attached hydrogens (tertiary/aromatic N) is 4. The lowest BCUT2D eigenvalue weighted by atomic mass is 9.91. The number of rotatable bonds is 5. The van der Waals surface area contributed by atoms with Gasteiger partial charge in [0.2, 0.25) is 11.7 Å². The number of aromatic carboxylic acids is 1. The van der Waals surface area contributed by atoms with Crippen LogP contribution in [0.4, 0.5) is 17.2 Å². The number of amides is 2. The van der Waals surface area contributed by atoms with Gasteiger partial charge in [0, 0.05) is 19.6 Å². The Kier molecular flexibility index (Phi) is 6.16. The average molecular weight is 468 g/mol. The summed E-state index contributed by atoms with van der Waals surface area (Å²) in [6.45, 7) is 4.35. The van der Waals surface area contributed by atoms with Gasteiger partial charge in [-0.15, -0.1) is 0 Å². The Bertz CT molecular complexity index is 1140. The van der Waals surface area contributed by atoms with Crippen LogP contribution in [-0.4, -0.2) is 59.6 Å². The third kappa shape index (κ3) is 4.27. The van der Waals surface area contributed by atoms with Gasteiger partial charge in [0.15, 0.2) is 5.82 Å². The highest BCUT2D eigenvalue weighted by molar-refractivity contribution is 6.05. The molecular weight excluding hydrogens is 438 g/mol. The Balaban J connectivity index is 1.70. The van der Waals surface area contributed by atoms with E-state index in [1.165, 1.54) is 31.5 Å². The van der Waals surface area contributed by atoms with Gasteiger partial charge in [0.25, 0.3) is 5.91 Å². The van der Waals surface area contributed by atoms with Crippen LogP contribution >= 0.6 is 0 Å². The first-order valence-corrected chi connectivity index (χ1v) is 11.3. The summed E-state index contributed by atoms with van der Waals surface area (Å²) in [5, 5.41) is 11.9. The Morgan fingerprint density at radius 1 is 1.24 bits per heavy atom. The zero-order chi connectivity index (χ0) is 24.6. The number of carboxylic acid groups (broad SMARTS) is 1. The molecule has 2 amide bonds. The second-order valence-electron chi connectivity index (χ2n) is 9.39. The van der Waals surface area contributed by atoms with Crippen molar-refractivity contribution in [2.45, 2.75) is 45.6 Å². The second kappa shape index (κ2) is 8.92. The molecule has 0 radical (unpaired) electrons. The van der Waals surface area contributed by atoms with Crippen molar-refractivity contribution in [2.75, 3.05) is 35.8 Å². The van der Waals surface area contributed by atoms with Gasteiger partial charge in [0.1, 0.15) is 11.4 Å². The maximum atomic E-state index is 13.1. The first-order valence-electron chi connectivity index (χ1n) is 11.3. The van der Waals surface area contributed by atoms with Gasteiger partial charge in [-0.1, -0.05) is 12.8 Å². The third-order valence-corrected chi connectivity index (χ3v) is 6.50. The average Bonchev–Trinajstić information content (AvgIpc) is 3.34. The number of carbonyl (C=O) groups excluding carboxylic acids is 2. The van der Waals surface area contributed by atoms with Crippen LogP contribution in [-0.2, 0) is 4.79 Å². The number of methoxy groups -OCH3 is 1. The number of carbonyl (C=O) groups is 3. The van der Waals surface area contributed by atoms with E-state index in [0.29, 0.717) is 23.7 Å². The summed E-state index contributed by atoms with van der Waals surface area (Å²) >= 11 is 0. The fourth-order valence-electron chi connectivity index (χ4n) is 4.68. The number of benzene rings is 1. The molecule has 2 aliphatic rings. The molecule has 0 saturated heterocycles. The molecule has 180 valence electrons. The molecule has 0 spiro atoms. The summed E-state index contributed by atoms with van der Waals surface area (Å²) in [5.41, 5.74) is 0.290. The quantitative estimate of drug-likeness (QED) is 0.687. The molecule has 1 aliphatic heterocycles. The first kappa shape index (κ1) is 23.5. The SMILES string of the molecule is COc1cc(C(=O)O)ccc1NC(=O)c1ncc2c(n1)N(C1CCCC1)CC(C)(C)C(=O)N2C. The number of carboxylic acids is 1. The van der Waals surface area contributed by atoms with Crippen LogP contribution in [0.15, 0.2) is 24.4 Å². The second-order valence-corrected chi connectivity index (χ2v) is 9.39. The third-order valence-electron chi connectivity index (χ3n) is 6.50. The number of ether oxygens (including phenoxy) is 1. The lowest BCUT2D eigenvalue weighted by Crippen LogP contribution is -2.45. The van der Waals surface area contributed by atoms with Crippen molar-refractivity contribution < 1.29 is 24.2 Å². The van der Waals surface area contributed by atoms with Gasteiger partial charge in [-0.3, -0.25) is 9.59 Å². The van der Waals surface area contributed by atoms with Crippen molar-refractivity contribution in [1.29, 1.82) is 0 Å². The van der Waals surface area contributed by atoms with Gasteiger partial charge >= 0.3 is 5.97 Å². The van der Waals surface area contributed by atoms with Crippen LogP contribution in [0.1, 0.15) is 60.5 Å². The molecule has 10 heteroatoms. The van der Waals surface area contributed by atoms with Crippen molar-refractivity contribution in [3.63, 3.8) is 0 Å². The van der Waals surface area contributed by atoms with Crippen LogP contribution in [0.3, 0.4) is 0 Å². The summed E-state index contributed by atoms with van der Waals surface area (Å²) < 4.78 is 5.24. The number of fused-ring (bicyclic) bond motifs is 1. The fraction of sp³-hybridized carbons (Fsp3) is 0.458. The molecule has 1 fully saturated rings. The lowest BCUT2D eigenvalue weighted by molar-refractivity contribution is -0.125. The Labute approximate surface area is 197 Å². The van der Waals surface area contributed by atoms with E-state index in [0.717, 1.165) is 25.7 Å². The van der Waals surface area contributed by atoms with E-state index in [1.54, 1.807) is 11.9 Å². The van der Waals surface area contributed by atoms with Crippen molar-refractivity contribution in [3.8, 4) is 5.75 Å². The van der Waals surface area contributed by atoms with Gasteiger partial charge in [-0.05, 0) is 44.9 Å². The number of hydrogen-bond donors (Lipinski definition) is 2. The molecule has 1 aliphatic carbocycles. The van der Waals surface area contributed by atoms with E-state index in [4.69, 9.17) is 4.74 Å². The lowest BCUT2D eigenvalue weighted by Gasteiger charge is -2.34. The van der Waals surface area contributed by atoms with Gasteiger partial charge in [-0.25, -0.2) is 14.8 Å². The fourth-order valence-corrected chi connectivity index (χ4v) is 4.68. The first-order chi connectivity index (χ1) is 16.1. The van der Waals surface area contributed by atoms with Crippen LogP contribution in [0.2, 0.25) is 0 Å². The molecule has 0 unspecified atom stereocenters. The summed E-state index contributed by atoms with van der Waals surface area (Å²) in [6.07, 6.45) is 5.76. The smallest absolute Gasteiger partial charge is 0.335 e. The highest BCUT2D eigenvalue weighted by atomic mass is 16.5. The van der Waals surface area contributed by atoms with Gasteiger partial charge in [0.05, 0.1) is 30.0 Å².